The van der Waals surface area contributed by atoms with Crippen molar-refractivity contribution in [1.82, 2.24) is 0 Å². The van der Waals surface area contributed by atoms with Gasteiger partial charge in [0, 0.05) is 6.61 Å². The highest BCUT2D eigenvalue weighted by Gasteiger charge is 2.06. The molecule has 0 amide bonds. The number of methoxy groups -OCH3 is 1. The Kier molecular flexibility index (Phi) is 8.46. The molecule has 0 aromatic heterocycles. The zero-order valence-corrected chi connectivity index (χ0v) is 14.8. The molecule has 0 spiro atoms. The van der Waals surface area contributed by atoms with E-state index in [4.69, 9.17) is 14.4 Å². The van der Waals surface area contributed by atoms with Crippen molar-refractivity contribution in [2.24, 2.45) is 0 Å². The van der Waals surface area contributed by atoms with Gasteiger partial charge in [0.1, 0.15) is 5.75 Å². The molecule has 0 atom stereocenters. The molecule has 0 saturated heterocycles. The molecule has 0 unspecified atom stereocenters. The summed E-state index contributed by atoms with van der Waals surface area (Å²) < 4.78 is 34.6. The van der Waals surface area contributed by atoms with Crippen LogP contribution >= 0.6 is 0 Å². The fraction of sp³-hybridized carbons (Fsp3) is 0.333. The summed E-state index contributed by atoms with van der Waals surface area (Å²) in [5.41, 5.74) is 2.26. The minimum atomic E-state index is -4.02. The lowest BCUT2D eigenvalue weighted by atomic mass is 10.1. The second-order valence-electron chi connectivity index (χ2n) is 5.32. The monoisotopic (exact) mass is 352 g/mol. The number of hydrogen-bond acceptors (Lipinski definition) is 4. The first kappa shape index (κ1) is 20.2. The number of aliphatic hydroxyl groups excluding tert-OH is 1. The predicted octanol–water partition coefficient (Wildman–Crippen LogP) is 3.25. The lowest BCUT2D eigenvalue weighted by molar-refractivity contribution is 0.284. The van der Waals surface area contributed by atoms with Crippen molar-refractivity contribution < 1.29 is 22.8 Å². The summed E-state index contributed by atoms with van der Waals surface area (Å²) in [7, 11) is -2.35. The third-order valence-electron chi connectivity index (χ3n) is 3.35. The summed E-state index contributed by atoms with van der Waals surface area (Å²) in [6.07, 6.45) is 2.96. The van der Waals surface area contributed by atoms with E-state index >= 15 is 0 Å². The van der Waals surface area contributed by atoms with Crippen LogP contribution in [0.1, 0.15) is 24.0 Å². The van der Waals surface area contributed by atoms with Crippen molar-refractivity contribution >= 4 is 10.1 Å². The van der Waals surface area contributed by atoms with Crippen molar-refractivity contribution in [2.45, 2.75) is 31.1 Å². The molecule has 0 aliphatic carbocycles. The van der Waals surface area contributed by atoms with Crippen molar-refractivity contribution in [3.05, 3.63) is 59.7 Å². The summed E-state index contributed by atoms with van der Waals surface area (Å²) in [5, 5.41) is 8.61. The van der Waals surface area contributed by atoms with Crippen LogP contribution in [-0.2, 0) is 16.5 Å². The number of hydrogen-bond donors (Lipinski definition) is 2. The molecule has 0 aliphatic rings. The molecular formula is C18H24O5S. The van der Waals surface area contributed by atoms with Gasteiger partial charge in [0.2, 0.25) is 0 Å². The van der Waals surface area contributed by atoms with E-state index < -0.39 is 10.1 Å². The molecule has 0 bridgehead atoms. The van der Waals surface area contributed by atoms with Gasteiger partial charge in [-0.1, -0.05) is 29.8 Å². The number of unbranched alkanes of at least 4 members (excludes halogenated alkanes) is 1. The second kappa shape index (κ2) is 10.1. The summed E-state index contributed by atoms with van der Waals surface area (Å²) in [5.74, 6) is 0.894. The van der Waals surface area contributed by atoms with Crippen LogP contribution in [0.3, 0.4) is 0 Å². The topological polar surface area (TPSA) is 83.8 Å². The van der Waals surface area contributed by atoms with E-state index in [2.05, 4.69) is 12.1 Å². The third-order valence-corrected chi connectivity index (χ3v) is 4.22. The van der Waals surface area contributed by atoms with Crippen molar-refractivity contribution in [3.8, 4) is 5.75 Å². The number of aryl methyl sites for hydroxylation is 2. The van der Waals surface area contributed by atoms with E-state index in [9.17, 15) is 8.42 Å². The minimum Gasteiger partial charge on any atom is -0.497 e. The molecule has 0 heterocycles. The third kappa shape index (κ3) is 7.59. The largest absolute Gasteiger partial charge is 0.497 e. The summed E-state index contributed by atoms with van der Waals surface area (Å²) in [6.45, 7) is 2.13. The molecule has 0 aliphatic heterocycles. The highest BCUT2D eigenvalue weighted by molar-refractivity contribution is 7.85. The van der Waals surface area contributed by atoms with Gasteiger partial charge in [0.25, 0.3) is 10.1 Å². The van der Waals surface area contributed by atoms with E-state index in [0.717, 1.165) is 30.6 Å². The average Bonchev–Trinajstić information content (AvgIpc) is 2.56. The first-order valence-electron chi connectivity index (χ1n) is 7.64. The Bertz CT molecular complexity index is 691. The number of benzene rings is 2. The van der Waals surface area contributed by atoms with Crippen LogP contribution in [0.4, 0.5) is 0 Å². The van der Waals surface area contributed by atoms with Crippen LogP contribution in [0.25, 0.3) is 0 Å². The highest BCUT2D eigenvalue weighted by atomic mass is 32.2. The normalized spacial score (nSPS) is 10.7. The smallest absolute Gasteiger partial charge is 0.294 e. The van der Waals surface area contributed by atoms with E-state index in [1.165, 1.54) is 17.7 Å². The van der Waals surface area contributed by atoms with Crippen LogP contribution in [0, 0.1) is 6.92 Å². The Balaban J connectivity index is 0.000000243. The maximum absolute atomic E-state index is 10.5. The van der Waals surface area contributed by atoms with E-state index in [-0.39, 0.29) is 11.5 Å². The molecule has 5 nitrogen and oxygen atoms in total. The highest BCUT2D eigenvalue weighted by Crippen LogP contribution is 2.13. The molecule has 2 rings (SSSR count). The van der Waals surface area contributed by atoms with Crippen LogP contribution in [0.15, 0.2) is 53.4 Å². The lowest BCUT2D eigenvalue weighted by Crippen LogP contribution is -1.96. The zero-order valence-electron chi connectivity index (χ0n) is 14.0. The number of aliphatic hydroxyl groups is 1. The standard InChI is InChI=1S/C11H16O2.C7H8O3S/c1-13-11-7-5-10(6-8-11)4-2-3-9-12;1-6-2-4-7(5-3-6)11(8,9)10/h5-8,12H,2-4,9H2,1H3;2-5H,1H3,(H,8,9,10). The molecule has 2 N–H and O–H groups in total. The van der Waals surface area contributed by atoms with Gasteiger partial charge in [0.05, 0.1) is 12.0 Å². The first-order chi connectivity index (χ1) is 11.4. The van der Waals surface area contributed by atoms with Gasteiger partial charge in [-0.3, -0.25) is 4.55 Å². The van der Waals surface area contributed by atoms with E-state index in [1.54, 1.807) is 19.2 Å². The predicted molar refractivity (Wildman–Crippen MR) is 94.0 cm³/mol. The van der Waals surface area contributed by atoms with Crippen molar-refractivity contribution in [3.63, 3.8) is 0 Å². The lowest BCUT2D eigenvalue weighted by Gasteiger charge is -2.02. The maximum atomic E-state index is 10.5. The molecule has 24 heavy (non-hydrogen) atoms. The van der Waals surface area contributed by atoms with Crippen LogP contribution in [0.2, 0.25) is 0 Å². The van der Waals surface area contributed by atoms with Crippen LogP contribution < -0.4 is 4.74 Å². The van der Waals surface area contributed by atoms with Gasteiger partial charge >= 0.3 is 0 Å². The van der Waals surface area contributed by atoms with Gasteiger partial charge < -0.3 is 9.84 Å². The fourth-order valence-corrected chi connectivity index (χ4v) is 2.42. The van der Waals surface area contributed by atoms with Crippen molar-refractivity contribution in [2.75, 3.05) is 13.7 Å². The molecule has 2 aromatic carbocycles. The molecule has 0 fully saturated rings. The van der Waals surface area contributed by atoms with E-state index in [0.29, 0.717) is 0 Å². The van der Waals surface area contributed by atoms with Gasteiger partial charge in [-0.2, -0.15) is 8.42 Å². The number of rotatable bonds is 6. The summed E-state index contributed by atoms with van der Waals surface area (Å²) in [4.78, 5) is -0.0666. The first-order valence-corrected chi connectivity index (χ1v) is 9.08. The van der Waals surface area contributed by atoms with Gasteiger partial charge in [-0.15, -0.1) is 0 Å². The second-order valence-corrected chi connectivity index (χ2v) is 6.74. The summed E-state index contributed by atoms with van der Waals surface area (Å²) >= 11 is 0. The van der Waals surface area contributed by atoms with Gasteiger partial charge in [0.15, 0.2) is 0 Å². The molecule has 6 heteroatoms. The van der Waals surface area contributed by atoms with Crippen LogP contribution in [-0.4, -0.2) is 31.8 Å². The molecule has 0 radical (unpaired) electrons. The Morgan fingerprint density at radius 3 is 2.00 bits per heavy atom. The molecule has 132 valence electrons. The SMILES string of the molecule is COc1ccc(CCCCO)cc1.Cc1ccc(S(=O)(=O)O)cc1. The zero-order chi connectivity index (χ0) is 18.0. The van der Waals surface area contributed by atoms with Gasteiger partial charge in [-0.05, 0) is 56.0 Å². The minimum absolute atomic E-state index is 0.0666. The number of ether oxygens (including phenoxy) is 1. The quantitative estimate of drug-likeness (QED) is 0.616. The summed E-state index contributed by atoms with van der Waals surface area (Å²) in [6, 6.07) is 14.1. The Morgan fingerprint density at radius 1 is 0.958 bits per heavy atom. The van der Waals surface area contributed by atoms with Gasteiger partial charge in [-0.25, -0.2) is 0 Å². The Hall–Kier alpha value is -1.89. The van der Waals surface area contributed by atoms with Crippen LogP contribution in [0.5, 0.6) is 5.75 Å². The molecule has 0 saturated carbocycles. The fourth-order valence-electron chi connectivity index (χ4n) is 1.94. The van der Waals surface area contributed by atoms with E-state index in [1.807, 2.05) is 19.1 Å². The van der Waals surface area contributed by atoms with Crippen molar-refractivity contribution in [1.29, 1.82) is 0 Å². The Morgan fingerprint density at radius 2 is 1.54 bits per heavy atom. The maximum Gasteiger partial charge on any atom is 0.294 e. The Labute approximate surface area is 143 Å². The molecular weight excluding hydrogens is 328 g/mol. The molecule has 2 aromatic rings. The average molecular weight is 352 g/mol.